The van der Waals surface area contributed by atoms with Crippen LogP contribution in [0.25, 0.3) is 10.6 Å². The van der Waals surface area contributed by atoms with E-state index in [1.165, 1.54) is 11.3 Å². The van der Waals surface area contributed by atoms with Gasteiger partial charge in [-0.2, -0.15) is 0 Å². The zero-order valence-corrected chi connectivity index (χ0v) is 14.9. The Morgan fingerprint density at radius 3 is 2.71 bits per heavy atom. The fourth-order valence-electron chi connectivity index (χ4n) is 2.40. The van der Waals surface area contributed by atoms with E-state index in [0.717, 1.165) is 16.1 Å². The van der Waals surface area contributed by atoms with Crippen LogP contribution in [0.5, 0.6) is 0 Å². The Kier molecular flexibility index (Phi) is 6.09. The quantitative estimate of drug-likeness (QED) is 0.806. The van der Waals surface area contributed by atoms with Gasteiger partial charge in [-0.15, -0.1) is 11.3 Å². The summed E-state index contributed by atoms with van der Waals surface area (Å²) in [6.07, 6.45) is 0.497. The molecule has 1 heterocycles. The molecule has 0 unspecified atom stereocenters. The van der Waals surface area contributed by atoms with Gasteiger partial charge >= 0.3 is 5.97 Å². The van der Waals surface area contributed by atoms with Gasteiger partial charge < -0.3 is 10.4 Å². The normalized spacial score (nSPS) is 12.2. The van der Waals surface area contributed by atoms with E-state index >= 15 is 0 Å². The number of rotatable bonds is 7. The van der Waals surface area contributed by atoms with Crippen molar-refractivity contribution in [1.29, 1.82) is 0 Å². The number of carboxylic acids is 1. The highest BCUT2D eigenvalue weighted by atomic mass is 32.1. The van der Waals surface area contributed by atoms with Crippen molar-refractivity contribution in [3.05, 3.63) is 40.9 Å². The van der Waals surface area contributed by atoms with Crippen LogP contribution < -0.4 is 5.32 Å². The van der Waals surface area contributed by atoms with Crippen molar-refractivity contribution in [3.63, 3.8) is 0 Å². The minimum absolute atomic E-state index is 0.0875. The highest BCUT2D eigenvalue weighted by molar-refractivity contribution is 7.13. The highest BCUT2D eigenvalue weighted by Crippen LogP contribution is 2.24. The zero-order valence-electron chi connectivity index (χ0n) is 14.1. The molecule has 0 aliphatic heterocycles. The van der Waals surface area contributed by atoms with Gasteiger partial charge in [-0.1, -0.05) is 37.6 Å². The maximum atomic E-state index is 12.1. The van der Waals surface area contributed by atoms with Gasteiger partial charge in [0.05, 0.1) is 12.1 Å². The summed E-state index contributed by atoms with van der Waals surface area (Å²) in [6, 6.07) is 7.17. The van der Waals surface area contributed by atoms with E-state index in [2.05, 4.69) is 10.3 Å². The van der Waals surface area contributed by atoms with Gasteiger partial charge in [0.25, 0.3) is 0 Å². The molecule has 0 fully saturated rings. The van der Waals surface area contributed by atoms with Crippen molar-refractivity contribution in [2.75, 3.05) is 0 Å². The number of thiazole rings is 1. The van der Waals surface area contributed by atoms with Crippen molar-refractivity contribution < 1.29 is 14.7 Å². The van der Waals surface area contributed by atoms with Gasteiger partial charge in [-0.05, 0) is 25.3 Å². The third kappa shape index (κ3) is 5.16. The molecule has 5 nitrogen and oxygen atoms in total. The Morgan fingerprint density at radius 1 is 1.33 bits per heavy atom. The Morgan fingerprint density at radius 2 is 2.08 bits per heavy atom. The van der Waals surface area contributed by atoms with Crippen LogP contribution in [-0.4, -0.2) is 28.0 Å². The predicted molar refractivity (Wildman–Crippen MR) is 95.0 cm³/mol. The summed E-state index contributed by atoms with van der Waals surface area (Å²) < 4.78 is 0. The first-order chi connectivity index (χ1) is 11.3. The molecular weight excluding hydrogens is 324 g/mol. The number of carboxylic acid groups (broad SMARTS) is 1. The Balaban J connectivity index is 2.01. The SMILES string of the molecule is Cc1cccc(-c2nc(CC(=O)N[C@@H](CC(C)C)C(=O)O)cs2)c1. The third-order valence-electron chi connectivity index (χ3n) is 3.50. The van der Waals surface area contributed by atoms with Gasteiger partial charge in [-0.25, -0.2) is 9.78 Å². The molecule has 128 valence electrons. The van der Waals surface area contributed by atoms with Gasteiger partial charge in [-0.3, -0.25) is 4.79 Å². The molecule has 6 heteroatoms. The summed E-state index contributed by atoms with van der Waals surface area (Å²) in [5, 5.41) is 14.5. The van der Waals surface area contributed by atoms with E-state index < -0.39 is 12.0 Å². The van der Waals surface area contributed by atoms with Gasteiger partial charge in [0.15, 0.2) is 0 Å². The fraction of sp³-hybridized carbons (Fsp3) is 0.389. The summed E-state index contributed by atoms with van der Waals surface area (Å²) >= 11 is 1.48. The fourth-order valence-corrected chi connectivity index (χ4v) is 3.22. The molecule has 2 N–H and O–H groups in total. The first-order valence-electron chi connectivity index (χ1n) is 7.88. The van der Waals surface area contributed by atoms with E-state index in [4.69, 9.17) is 0 Å². The summed E-state index contributed by atoms with van der Waals surface area (Å²) in [6.45, 7) is 5.87. The van der Waals surface area contributed by atoms with Crippen LogP contribution in [0.1, 0.15) is 31.5 Å². The number of aliphatic carboxylic acids is 1. The van der Waals surface area contributed by atoms with E-state index in [-0.39, 0.29) is 18.2 Å². The van der Waals surface area contributed by atoms with Crippen molar-refractivity contribution in [2.45, 2.75) is 39.7 Å². The van der Waals surface area contributed by atoms with Crippen molar-refractivity contribution in [3.8, 4) is 10.6 Å². The predicted octanol–water partition coefficient (Wildman–Crippen LogP) is 3.28. The smallest absolute Gasteiger partial charge is 0.326 e. The second-order valence-corrected chi connectivity index (χ2v) is 7.14. The van der Waals surface area contributed by atoms with E-state index in [0.29, 0.717) is 12.1 Å². The lowest BCUT2D eigenvalue weighted by molar-refractivity contribution is -0.142. The lowest BCUT2D eigenvalue weighted by Gasteiger charge is -2.16. The maximum absolute atomic E-state index is 12.1. The average Bonchev–Trinajstić information content (AvgIpc) is 2.94. The molecule has 1 atom stereocenters. The minimum atomic E-state index is -1.00. The Bertz CT molecular complexity index is 725. The summed E-state index contributed by atoms with van der Waals surface area (Å²) in [7, 11) is 0. The lowest BCUT2D eigenvalue weighted by atomic mass is 10.0. The molecule has 0 spiro atoms. The Labute approximate surface area is 145 Å². The van der Waals surface area contributed by atoms with Crippen LogP contribution in [-0.2, 0) is 16.0 Å². The molecule has 2 aromatic rings. The average molecular weight is 346 g/mol. The molecule has 0 radical (unpaired) electrons. The number of benzene rings is 1. The second kappa shape index (κ2) is 8.06. The summed E-state index contributed by atoms with van der Waals surface area (Å²) in [5.74, 6) is -1.13. The molecule has 0 bridgehead atoms. The number of hydrogen-bond donors (Lipinski definition) is 2. The monoisotopic (exact) mass is 346 g/mol. The molecule has 1 aromatic heterocycles. The topological polar surface area (TPSA) is 79.3 Å². The number of amides is 1. The number of aromatic nitrogens is 1. The number of carbonyl (C=O) groups excluding carboxylic acids is 1. The lowest BCUT2D eigenvalue weighted by Crippen LogP contribution is -2.42. The van der Waals surface area contributed by atoms with Crippen LogP contribution in [0.3, 0.4) is 0 Å². The van der Waals surface area contributed by atoms with Crippen molar-refractivity contribution in [2.24, 2.45) is 5.92 Å². The first kappa shape index (κ1) is 18.1. The largest absolute Gasteiger partial charge is 0.480 e. The highest BCUT2D eigenvalue weighted by Gasteiger charge is 2.21. The first-order valence-corrected chi connectivity index (χ1v) is 8.76. The third-order valence-corrected chi connectivity index (χ3v) is 4.44. The van der Waals surface area contributed by atoms with Crippen LogP contribution in [0.4, 0.5) is 0 Å². The van der Waals surface area contributed by atoms with Crippen LogP contribution in [0.2, 0.25) is 0 Å². The van der Waals surface area contributed by atoms with Crippen LogP contribution in [0, 0.1) is 12.8 Å². The van der Waals surface area contributed by atoms with Gasteiger partial charge in [0, 0.05) is 10.9 Å². The number of aryl methyl sites for hydroxylation is 1. The number of carbonyl (C=O) groups is 2. The molecule has 0 saturated carbocycles. The molecule has 2 rings (SSSR count). The van der Waals surface area contributed by atoms with E-state index in [1.807, 2.05) is 50.4 Å². The molecule has 0 aliphatic rings. The molecule has 0 saturated heterocycles. The standard InChI is InChI=1S/C18H22N2O3S/c1-11(2)7-15(18(22)23)20-16(21)9-14-10-24-17(19-14)13-6-4-5-12(3)8-13/h4-6,8,10-11,15H,7,9H2,1-3H3,(H,20,21)(H,22,23)/t15-/m0/s1. The maximum Gasteiger partial charge on any atom is 0.326 e. The second-order valence-electron chi connectivity index (χ2n) is 6.28. The number of nitrogens with one attached hydrogen (secondary N) is 1. The molecule has 24 heavy (non-hydrogen) atoms. The summed E-state index contributed by atoms with van der Waals surface area (Å²) in [4.78, 5) is 27.8. The molecular formula is C18H22N2O3S. The number of nitrogens with zero attached hydrogens (tertiary/aromatic N) is 1. The number of hydrogen-bond acceptors (Lipinski definition) is 4. The minimum Gasteiger partial charge on any atom is -0.480 e. The van der Waals surface area contributed by atoms with E-state index in [1.54, 1.807) is 0 Å². The molecule has 1 aromatic carbocycles. The van der Waals surface area contributed by atoms with Gasteiger partial charge in [0.2, 0.25) is 5.91 Å². The van der Waals surface area contributed by atoms with Gasteiger partial charge in [0.1, 0.15) is 11.0 Å². The van der Waals surface area contributed by atoms with Crippen LogP contribution >= 0.6 is 11.3 Å². The summed E-state index contributed by atoms with van der Waals surface area (Å²) in [5.41, 5.74) is 2.83. The molecule has 0 aliphatic carbocycles. The van der Waals surface area contributed by atoms with Crippen molar-refractivity contribution >= 4 is 23.2 Å². The zero-order chi connectivity index (χ0) is 17.7. The molecule has 1 amide bonds. The van der Waals surface area contributed by atoms with E-state index in [9.17, 15) is 14.7 Å². The van der Waals surface area contributed by atoms with Crippen molar-refractivity contribution in [1.82, 2.24) is 10.3 Å². The van der Waals surface area contributed by atoms with Crippen LogP contribution in [0.15, 0.2) is 29.6 Å². The Hall–Kier alpha value is -2.21.